The molecule has 2 heterocycles. The molecule has 0 spiro atoms. The van der Waals surface area contributed by atoms with Crippen LogP contribution in [-0.2, 0) is 6.54 Å². The van der Waals surface area contributed by atoms with Crippen LogP contribution in [0.4, 0.5) is 0 Å². The molecule has 112 valence electrons. The summed E-state index contributed by atoms with van der Waals surface area (Å²) in [5.74, 6) is 1.47. The highest BCUT2D eigenvalue weighted by molar-refractivity contribution is 5.54. The van der Waals surface area contributed by atoms with E-state index in [-0.39, 0.29) is 5.92 Å². The molecule has 0 aliphatic carbocycles. The normalized spacial score (nSPS) is 18.0. The van der Waals surface area contributed by atoms with E-state index in [1.807, 2.05) is 45.0 Å². The third kappa shape index (κ3) is 2.84. The van der Waals surface area contributed by atoms with Gasteiger partial charge < -0.3 is 9.63 Å². The fourth-order valence-corrected chi connectivity index (χ4v) is 2.54. The van der Waals surface area contributed by atoms with Crippen LogP contribution in [0.25, 0.3) is 11.4 Å². The van der Waals surface area contributed by atoms with E-state index in [1.165, 1.54) is 5.56 Å². The molecule has 2 aromatic rings. The van der Waals surface area contributed by atoms with Crippen LogP contribution in [0.1, 0.15) is 25.3 Å². The van der Waals surface area contributed by atoms with E-state index in [4.69, 9.17) is 4.52 Å². The van der Waals surface area contributed by atoms with E-state index in [9.17, 15) is 5.11 Å². The van der Waals surface area contributed by atoms with Gasteiger partial charge in [-0.1, -0.05) is 48.8 Å². The number of rotatable bonds is 4. The minimum atomic E-state index is -0.570. The third-order valence-corrected chi connectivity index (χ3v) is 4.21. The molecule has 0 radical (unpaired) electrons. The number of hydrogen-bond donors (Lipinski definition) is 1. The zero-order valence-electron chi connectivity index (χ0n) is 12.7. The van der Waals surface area contributed by atoms with Gasteiger partial charge in [-0.3, -0.25) is 4.90 Å². The summed E-state index contributed by atoms with van der Waals surface area (Å²) in [6.07, 6.45) is 0. The van der Waals surface area contributed by atoms with E-state index in [1.54, 1.807) is 0 Å². The van der Waals surface area contributed by atoms with Crippen LogP contribution in [0.15, 0.2) is 28.8 Å². The number of likely N-dealkylation sites (tertiary alicyclic amines) is 1. The Morgan fingerprint density at radius 2 is 1.95 bits per heavy atom. The minimum Gasteiger partial charge on any atom is -0.387 e. The molecular formula is C16H21N3O2. The number of benzene rings is 1. The van der Waals surface area contributed by atoms with Gasteiger partial charge in [0.1, 0.15) is 0 Å². The third-order valence-electron chi connectivity index (χ3n) is 4.21. The maximum absolute atomic E-state index is 10.2. The van der Waals surface area contributed by atoms with Crippen molar-refractivity contribution in [3.8, 4) is 11.4 Å². The first-order chi connectivity index (χ1) is 9.96. The number of nitrogens with zero attached hydrogens (tertiary/aromatic N) is 3. The van der Waals surface area contributed by atoms with Crippen molar-refractivity contribution in [1.29, 1.82) is 0 Å². The number of hydrogen-bond acceptors (Lipinski definition) is 5. The molecule has 1 aromatic heterocycles. The molecule has 1 saturated heterocycles. The Balaban J connectivity index is 1.63. The van der Waals surface area contributed by atoms with Gasteiger partial charge in [-0.25, -0.2) is 0 Å². The Labute approximate surface area is 124 Å². The van der Waals surface area contributed by atoms with Crippen molar-refractivity contribution in [1.82, 2.24) is 15.0 Å². The van der Waals surface area contributed by atoms with E-state index in [0.717, 1.165) is 5.56 Å². The molecule has 1 fully saturated rings. The number of aromatic nitrogens is 2. The predicted octanol–water partition coefficient (Wildman–Crippen LogP) is 2.25. The molecular weight excluding hydrogens is 266 g/mol. The lowest BCUT2D eigenvalue weighted by molar-refractivity contribution is -0.133. The zero-order valence-corrected chi connectivity index (χ0v) is 12.7. The molecule has 0 amide bonds. The van der Waals surface area contributed by atoms with Gasteiger partial charge in [0.05, 0.1) is 12.1 Å². The summed E-state index contributed by atoms with van der Waals surface area (Å²) in [5, 5.41) is 14.3. The van der Waals surface area contributed by atoms with Gasteiger partial charge in [0, 0.05) is 18.7 Å². The summed E-state index contributed by atoms with van der Waals surface area (Å²) < 4.78 is 5.30. The van der Waals surface area contributed by atoms with Crippen LogP contribution in [0.3, 0.4) is 0 Å². The van der Waals surface area contributed by atoms with Gasteiger partial charge in [0.25, 0.3) is 0 Å². The van der Waals surface area contributed by atoms with Crippen molar-refractivity contribution in [2.24, 2.45) is 5.92 Å². The molecule has 1 aliphatic heterocycles. The van der Waals surface area contributed by atoms with Crippen LogP contribution in [-0.4, -0.2) is 38.8 Å². The second-order valence-electron chi connectivity index (χ2n) is 6.28. The van der Waals surface area contributed by atoms with Crippen LogP contribution in [0.5, 0.6) is 0 Å². The average molecular weight is 287 g/mol. The maximum atomic E-state index is 10.2. The van der Waals surface area contributed by atoms with Crippen molar-refractivity contribution < 1.29 is 9.63 Å². The number of β-amino-alcohol motifs (C(OH)–C–C–N with tert-alkyl or cyclic N) is 1. The van der Waals surface area contributed by atoms with Crippen molar-refractivity contribution in [2.75, 3.05) is 13.1 Å². The molecule has 21 heavy (non-hydrogen) atoms. The molecule has 1 N–H and O–H groups in total. The van der Waals surface area contributed by atoms with Crippen LogP contribution in [0, 0.1) is 12.8 Å². The Hall–Kier alpha value is -1.72. The average Bonchev–Trinajstić information content (AvgIpc) is 2.86. The zero-order chi connectivity index (χ0) is 15.0. The van der Waals surface area contributed by atoms with E-state index in [0.29, 0.717) is 31.3 Å². The standard InChI is InChI=1S/C16H21N3O2/c1-11(2)16(20)9-19(10-16)8-14-17-15(18-21-14)13-6-4-12(3)5-7-13/h4-7,11,20H,8-10H2,1-3H3. The summed E-state index contributed by atoms with van der Waals surface area (Å²) in [6.45, 7) is 8.04. The van der Waals surface area contributed by atoms with Crippen molar-refractivity contribution in [3.05, 3.63) is 35.7 Å². The maximum Gasteiger partial charge on any atom is 0.241 e. The second-order valence-corrected chi connectivity index (χ2v) is 6.28. The smallest absolute Gasteiger partial charge is 0.241 e. The summed E-state index contributed by atoms with van der Waals surface area (Å²) in [5.41, 5.74) is 1.59. The molecule has 0 unspecified atom stereocenters. The highest BCUT2D eigenvalue weighted by Crippen LogP contribution is 2.29. The molecule has 1 aliphatic rings. The summed E-state index contributed by atoms with van der Waals surface area (Å²) in [6, 6.07) is 8.04. The molecule has 1 aromatic carbocycles. The highest BCUT2D eigenvalue weighted by Gasteiger charge is 2.43. The summed E-state index contributed by atoms with van der Waals surface area (Å²) >= 11 is 0. The van der Waals surface area contributed by atoms with Gasteiger partial charge in [-0.2, -0.15) is 4.98 Å². The van der Waals surface area contributed by atoms with Crippen molar-refractivity contribution >= 4 is 0 Å². The lowest BCUT2D eigenvalue weighted by Crippen LogP contribution is -2.63. The van der Waals surface area contributed by atoms with E-state index < -0.39 is 5.60 Å². The topological polar surface area (TPSA) is 62.4 Å². The highest BCUT2D eigenvalue weighted by atomic mass is 16.5. The van der Waals surface area contributed by atoms with Gasteiger partial charge in [0.2, 0.25) is 11.7 Å². The molecule has 0 bridgehead atoms. The van der Waals surface area contributed by atoms with Crippen molar-refractivity contribution in [2.45, 2.75) is 32.9 Å². The van der Waals surface area contributed by atoms with Crippen LogP contribution >= 0.6 is 0 Å². The monoisotopic (exact) mass is 287 g/mol. The van der Waals surface area contributed by atoms with E-state index >= 15 is 0 Å². The van der Waals surface area contributed by atoms with Gasteiger partial charge in [-0.15, -0.1) is 0 Å². The Bertz CT molecular complexity index is 613. The van der Waals surface area contributed by atoms with Crippen molar-refractivity contribution in [3.63, 3.8) is 0 Å². The Morgan fingerprint density at radius 3 is 2.57 bits per heavy atom. The lowest BCUT2D eigenvalue weighted by Gasteiger charge is -2.48. The fourth-order valence-electron chi connectivity index (χ4n) is 2.54. The van der Waals surface area contributed by atoms with Gasteiger partial charge >= 0.3 is 0 Å². The molecule has 3 rings (SSSR count). The Kier molecular flexibility index (Phi) is 3.55. The molecule has 5 heteroatoms. The molecule has 0 saturated carbocycles. The summed E-state index contributed by atoms with van der Waals surface area (Å²) in [4.78, 5) is 6.54. The molecule has 5 nitrogen and oxygen atoms in total. The quantitative estimate of drug-likeness (QED) is 0.934. The molecule has 0 atom stereocenters. The minimum absolute atomic E-state index is 0.263. The fraction of sp³-hybridized carbons (Fsp3) is 0.500. The first kappa shape index (κ1) is 14.2. The summed E-state index contributed by atoms with van der Waals surface area (Å²) in [7, 11) is 0. The number of aryl methyl sites for hydroxylation is 1. The largest absolute Gasteiger partial charge is 0.387 e. The second kappa shape index (κ2) is 5.24. The van der Waals surface area contributed by atoms with Crippen LogP contribution < -0.4 is 0 Å². The predicted molar refractivity (Wildman–Crippen MR) is 79.5 cm³/mol. The lowest BCUT2D eigenvalue weighted by atomic mass is 9.83. The SMILES string of the molecule is Cc1ccc(-c2noc(CN3CC(O)(C(C)C)C3)n2)cc1. The van der Waals surface area contributed by atoms with Gasteiger partial charge in [0.15, 0.2) is 0 Å². The van der Waals surface area contributed by atoms with Gasteiger partial charge in [-0.05, 0) is 12.8 Å². The van der Waals surface area contributed by atoms with E-state index in [2.05, 4.69) is 15.0 Å². The first-order valence-corrected chi connectivity index (χ1v) is 7.31. The van der Waals surface area contributed by atoms with Crippen LogP contribution in [0.2, 0.25) is 0 Å². The number of aliphatic hydroxyl groups is 1. The first-order valence-electron chi connectivity index (χ1n) is 7.31. The Morgan fingerprint density at radius 1 is 1.29 bits per heavy atom.